The topological polar surface area (TPSA) is 26.3 Å². The van der Waals surface area contributed by atoms with Crippen molar-refractivity contribution in [3.05, 3.63) is 94.4 Å². The fraction of sp³-hybridized carbons (Fsp3) is 0.259. The maximum Gasteiger partial charge on any atom is 0.159 e. The first-order chi connectivity index (χ1) is 15.4. The minimum atomic E-state index is 0. The zero-order valence-electron chi connectivity index (χ0n) is 18.9. The third-order valence-electron chi connectivity index (χ3n) is 5.71. The van der Waals surface area contributed by atoms with Gasteiger partial charge in [0.15, 0.2) is 11.5 Å². The fourth-order valence-corrected chi connectivity index (χ4v) is 4.22. The molecule has 2 aromatic carbocycles. The van der Waals surface area contributed by atoms with Gasteiger partial charge in [0.2, 0.25) is 0 Å². The zero-order valence-corrected chi connectivity index (χ0v) is 22.0. The summed E-state index contributed by atoms with van der Waals surface area (Å²) in [4.78, 5) is 0. The molecular weight excluding hydrogens is 521 g/mol. The molecule has 2 aromatic heterocycles. The van der Waals surface area contributed by atoms with Crippen molar-refractivity contribution >= 4 is 23.2 Å². The highest BCUT2D eigenvalue weighted by Crippen LogP contribution is 2.29. The monoisotopic (exact) mass is 547 g/mol. The maximum atomic E-state index is 6.21. The number of quaternary nitrogens is 1. The van der Waals surface area contributed by atoms with Crippen LogP contribution in [0, 0.1) is 0 Å². The third kappa shape index (κ3) is 6.77. The lowest BCUT2D eigenvalue weighted by Gasteiger charge is -2.33. The van der Waals surface area contributed by atoms with Crippen molar-refractivity contribution in [2.45, 2.75) is 32.9 Å². The normalized spacial score (nSPS) is 11.4. The number of halogens is 3. The van der Waals surface area contributed by atoms with E-state index in [1.54, 1.807) is 0 Å². The summed E-state index contributed by atoms with van der Waals surface area (Å²) in [6, 6.07) is 23.7. The lowest BCUT2D eigenvalue weighted by atomic mass is 10.2. The molecule has 0 aliphatic carbocycles. The van der Waals surface area contributed by atoms with Crippen molar-refractivity contribution in [1.82, 2.24) is 0 Å². The molecule has 0 fully saturated rings. The van der Waals surface area contributed by atoms with E-state index in [1.165, 1.54) is 0 Å². The second-order valence-corrected chi connectivity index (χ2v) is 9.43. The summed E-state index contributed by atoms with van der Waals surface area (Å²) in [7, 11) is 2.27. The van der Waals surface area contributed by atoms with Crippen LogP contribution < -0.4 is 17.0 Å². The number of benzene rings is 2. The van der Waals surface area contributed by atoms with Gasteiger partial charge in [0.25, 0.3) is 0 Å². The zero-order chi connectivity index (χ0) is 22.6. The number of rotatable bonds is 9. The van der Waals surface area contributed by atoms with Gasteiger partial charge in [-0.15, -0.1) is 0 Å². The van der Waals surface area contributed by atoms with Gasteiger partial charge in [0.05, 0.1) is 13.6 Å². The summed E-state index contributed by atoms with van der Waals surface area (Å²) >= 11 is 12.0. The average molecular weight is 549 g/mol. The molecule has 4 aromatic rings. The fourth-order valence-electron chi connectivity index (χ4n) is 3.97. The molecule has 0 amide bonds. The van der Waals surface area contributed by atoms with Crippen LogP contribution in [0.5, 0.6) is 0 Å². The second-order valence-electron chi connectivity index (χ2n) is 8.56. The summed E-state index contributed by atoms with van der Waals surface area (Å²) < 4.78 is 13.2. The SMILES string of the molecule is CCCC[N+](C)(Cc1ccc(-c2ccc(Cl)cc2)o1)Cc1ccc(-c2ccc(Cl)cc2)o1.[Br-]. The van der Waals surface area contributed by atoms with E-state index in [1.807, 2.05) is 60.7 Å². The minimum absolute atomic E-state index is 0. The molecule has 0 N–H and O–H groups in total. The molecular formula is C27H28BrCl2NO2. The van der Waals surface area contributed by atoms with Crippen molar-refractivity contribution in [3.63, 3.8) is 0 Å². The molecule has 0 unspecified atom stereocenters. The van der Waals surface area contributed by atoms with Gasteiger partial charge in [-0.25, -0.2) is 0 Å². The van der Waals surface area contributed by atoms with Crippen molar-refractivity contribution in [3.8, 4) is 22.6 Å². The maximum absolute atomic E-state index is 6.21. The van der Waals surface area contributed by atoms with Gasteiger partial charge >= 0.3 is 0 Å². The van der Waals surface area contributed by atoms with Crippen molar-refractivity contribution in [2.75, 3.05) is 13.6 Å². The van der Waals surface area contributed by atoms with Crippen LogP contribution in [0.1, 0.15) is 31.3 Å². The van der Waals surface area contributed by atoms with Gasteiger partial charge < -0.3 is 30.3 Å². The molecule has 2 heterocycles. The lowest BCUT2D eigenvalue weighted by Crippen LogP contribution is -3.00. The number of unbranched alkanes of at least 4 members (excludes halogenated alkanes) is 1. The number of furan rings is 2. The third-order valence-corrected chi connectivity index (χ3v) is 6.21. The molecule has 174 valence electrons. The molecule has 0 aliphatic heterocycles. The largest absolute Gasteiger partial charge is 1.00 e. The van der Waals surface area contributed by atoms with E-state index in [4.69, 9.17) is 32.0 Å². The van der Waals surface area contributed by atoms with E-state index in [0.29, 0.717) is 0 Å². The number of hydrogen-bond donors (Lipinski definition) is 0. The molecule has 0 saturated carbocycles. The van der Waals surface area contributed by atoms with Crippen LogP contribution in [0.15, 0.2) is 81.6 Å². The summed E-state index contributed by atoms with van der Waals surface area (Å²) in [5.74, 6) is 3.67. The molecule has 6 heteroatoms. The van der Waals surface area contributed by atoms with Crippen LogP contribution in [0.4, 0.5) is 0 Å². The quantitative estimate of drug-likeness (QED) is 0.259. The number of hydrogen-bond acceptors (Lipinski definition) is 2. The molecule has 0 saturated heterocycles. The van der Waals surface area contributed by atoms with Gasteiger partial charge in [-0.05, 0) is 79.2 Å². The molecule has 0 atom stereocenters. The predicted octanol–water partition coefficient (Wildman–Crippen LogP) is 5.46. The van der Waals surface area contributed by atoms with Crippen LogP contribution in [0.25, 0.3) is 22.6 Å². The molecule has 0 radical (unpaired) electrons. The molecule has 0 bridgehead atoms. The van der Waals surface area contributed by atoms with Gasteiger partial charge in [0.1, 0.15) is 24.6 Å². The Labute approximate surface area is 216 Å². The van der Waals surface area contributed by atoms with E-state index in [0.717, 1.165) is 81.2 Å². The van der Waals surface area contributed by atoms with Crippen LogP contribution in [0.2, 0.25) is 10.0 Å². The smallest absolute Gasteiger partial charge is 0.159 e. The van der Waals surface area contributed by atoms with E-state index in [-0.39, 0.29) is 17.0 Å². The molecule has 33 heavy (non-hydrogen) atoms. The summed E-state index contributed by atoms with van der Waals surface area (Å²) in [5.41, 5.74) is 2.06. The Morgan fingerprint density at radius 3 is 1.48 bits per heavy atom. The van der Waals surface area contributed by atoms with Crippen molar-refractivity contribution < 1.29 is 30.3 Å². The molecule has 3 nitrogen and oxygen atoms in total. The Balaban J connectivity index is 0.00000306. The number of nitrogens with zero attached hydrogens (tertiary/aromatic N) is 1. The highest BCUT2D eigenvalue weighted by molar-refractivity contribution is 6.30. The minimum Gasteiger partial charge on any atom is -1.00 e. The van der Waals surface area contributed by atoms with E-state index in [2.05, 4.69) is 26.1 Å². The first-order valence-corrected chi connectivity index (χ1v) is 11.7. The lowest BCUT2D eigenvalue weighted by molar-refractivity contribution is -0.937. The van der Waals surface area contributed by atoms with Crippen LogP contribution in [-0.4, -0.2) is 18.1 Å². The van der Waals surface area contributed by atoms with E-state index < -0.39 is 0 Å². The Morgan fingerprint density at radius 2 is 1.09 bits per heavy atom. The summed E-state index contributed by atoms with van der Waals surface area (Å²) in [6.07, 6.45) is 2.29. The first-order valence-electron chi connectivity index (χ1n) is 11.0. The van der Waals surface area contributed by atoms with Gasteiger partial charge in [0, 0.05) is 21.2 Å². The average Bonchev–Trinajstić information content (AvgIpc) is 3.43. The molecule has 4 rings (SSSR count). The van der Waals surface area contributed by atoms with Gasteiger partial charge in [-0.3, -0.25) is 0 Å². The van der Waals surface area contributed by atoms with E-state index in [9.17, 15) is 0 Å². The molecule has 0 spiro atoms. The Hall–Kier alpha value is -1.98. The summed E-state index contributed by atoms with van der Waals surface area (Å²) in [6.45, 7) is 4.86. The van der Waals surface area contributed by atoms with Crippen molar-refractivity contribution in [2.24, 2.45) is 0 Å². The predicted molar refractivity (Wildman–Crippen MR) is 132 cm³/mol. The Kier molecular flexibility index (Phi) is 8.88. The van der Waals surface area contributed by atoms with Crippen LogP contribution in [-0.2, 0) is 13.1 Å². The van der Waals surface area contributed by atoms with Crippen LogP contribution in [0.3, 0.4) is 0 Å². The van der Waals surface area contributed by atoms with E-state index >= 15 is 0 Å². The molecule has 0 aliphatic rings. The Morgan fingerprint density at radius 1 is 0.667 bits per heavy atom. The highest BCUT2D eigenvalue weighted by Gasteiger charge is 2.26. The summed E-state index contributed by atoms with van der Waals surface area (Å²) in [5, 5.41) is 1.45. The standard InChI is InChI=1S/C27H28Cl2NO2.BrH/c1-3-4-17-30(2,18-24-13-15-26(31-24)20-5-9-22(28)10-6-20)19-25-14-16-27(32-25)21-7-11-23(29)12-8-21;/h5-16H,3-4,17-19H2,1-2H3;1H/q+1;/p-1. The van der Waals surface area contributed by atoms with Gasteiger partial charge in [-0.1, -0.05) is 36.5 Å². The van der Waals surface area contributed by atoms with Crippen molar-refractivity contribution in [1.29, 1.82) is 0 Å². The Bertz CT molecular complexity index is 1060. The van der Waals surface area contributed by atoms with Gasteiger partial charge in [-0.2, -0.15) is 0 Å². The van der Waals surface area contributed by atoms with Crippen LogP contribution >= 0.6 is 23.2 Å². The second kappa shape index (κ2) is 11.4. The first kappa shape index (κ1) is 25.6. The highest BCUT2D eigenvalue weighted by atomic mass is 79.9.